The first-order valence-electron chi connectivity index (χ1n) is 6.69. The van der Waals surface area contributed by atoms with Crippen LogP contribution >= 0.6 is 0 Å². The van der Waals surface area contributed by atoms with E-state index >= 15 is 0 Å². The number of rotatable bonds is 8. The number of ether oxygens (including phenoxy) is 1. The lowest BCUT2D eigenvalue weighted by molar-refractivity contribution is 0.0878. The van der Waals surface area contributed by atoms with Gasteiger partial charge in [-0.05, 0) is 51.1 Å². The van der Waals surface area contributed by atoms with Crippen LogP contribution in [0.1, 0.15) is 52.4 Å². The van der Waals surface area contributed by atoms with Crippen molar-refractivity contribution >= 4 is 0 Å². The van der Waals surface area contributed by atoms with Gasteiger partial charge in [-0.1, -0.05) is 20.3 Å². The average molecular weight is 213 g/mol. The molecular weight excluding hydrogens is 186 g/mol. The maximum absolute atomic E-state index is 5.71. The van der Waals surface area contributed by atoms with Crippen molar-refractivity contribution in [3.8, 4) is 0 Å². The van der Waals surface area contributed by atoms with Gasteiger partial charge in [0.15, 0.2) is 0 Å². The lowest BCUT2D eigenvalue weighted by Gasteiger charge is -2.20. The molecule has 0 radical (unpaired) electrons. The van der Waals surface area contributed by atoms with Crippen LogP contribution in [-0.2, 0) is 4.74 Å². The van der Waals surface area contributed by atoms with E-state index in [0.29, 0.717) is 6.10 Å². The molecule has 15 heavy (non-hydrogen) atoms. The summed E-state index contributed by atoms with van der Waals surface area (Å²) in [4.78, 5) is 0. The summed E-state index contributed by atoms with van der Waals surface area (Å²) in [7, 11) is 0. The molecule has 1 N–H and O–H groups in total. The zero-order valence-corrected chi connectivity index (χ0v) is 10.4. The highest BCUT2D eigenvalue weighted by molar-refractivity contribution is 4.72. The predicted molar refractivity (Wildman–Crippen MR) is 65.1 cm³/mol. The molecule has 0 amide bonds. The van der Waals surface area contributed by atoms with Gasteiger partial charge in [0.05, 0.1) is 6.10 Å². The molecule has 1 aliphatic rings. The van der Waals surface area contributed by atoms with Crippen molar-refractivity contribution in [1.82, 2.24) is 5.32 Å². The van der Waals surface area contributed by atoms with Gasteiger partial charge in [-0.15, -0.1) is 0 Å². The number of hydrogen-bond acceptors (Lipinski definition) is 2. The summed E-state index contributed by atoms with van der Waals surface area (Å²) in [5, 5.41) is 3.54. The molecule has 1 saturated heterocycles. The van der Waals surface area contributed by atoms with Crippen LogP contribution in [0.5, 0.6) is 0 Å². The molecule has 1 fully saturated rings. The van der Waals surface area contributed by atoms with E-state index in [1.165, 1.54) is 45.1 Å². The molecule has 2 unspecified atom stereocenters. The van der Waals surface area contributed by atoms with Crippen LogP contribution in [0.3, 0.4) is 0 Å². The standard InChI is InChI=1S/C13H27NO/c1-3-6-12(11-14-8-4-2)10-13-7-5-9-15-13/h12-14H,3-11H2,1-2H3. The molecule has 0 aliphatic carbocycles. The summed E-state index contributed by atoms with van der Waals surface area (Å²) in [5.74, 6) is 0.824. The smallest absolute Gasteiger partial charge is 0.0579 e. The fraction of sp³-hybridized carbons (Fsp3) is 1.00. The Morgan fingerprint density at radius 2 is 2.20 bits per heavy atom. The molecule has 0 aromatic carbocycles. The van der Waals surface area contributed by atoms with Gasteiger partial charge in [0.1, 0.15) is 0 Å². The van der Waals surface area contributed by atoms with Gasteiger partial charge in [0.2, 0.25) is 0 Å². The van der Waals surface area contributed by atoms with E-state index in [-0.39, 0.29) is 0 Å². The molecule has 1 aliphatic heterocycles. The molecule has 0 bridgehead atoms. The van der Waals surface area contributed by atoms with Gasteiger partial charge in [-0.2, -0.15) is 0 Å². The summed E-state index contributed by atoms with van der Waals surface area (Å²) in [6.45, 7) is 7.84. The molecular formula is C13H27NO. The minimum atomic E-state index is 0.560. The van der Waals surface area contributed by atoms with Crippen molar-refractivity contribution in [2.75, 3.05) is 19.7 Å². The van der Waals surface area contributed by atoms with E-state index in [0.717, 1.165) is 19.1 Å². The topological polar surface area (TPSA) is 21.3 Å². The van der Waals surface area contributed by atoms with Crippen LogP contribution in [-0.4, -0.2) is 25.8 Å². The van der Waals surface area contributed by atoms with Crippen LogP contribution < -0.4 is 5.32 Å². The predicted octanol–water partition coefficient (Wildman–Crippen LogP) is 2.97. The first-order chi connectivity index (χ1) is 7.36. The highest BCUT2D eigenvalue weighted by atomic mass is 16.5. The zero-order valence-electron chi connectivity index (χ0n) is 10.4. The van der Waals surface area contributed by atoms with E-state index in [2.05, 4.69) is 19.2 Å². The number of hydrogen-bond donors (Lipinski definition) is 1. The minimum absolute atomic E-state index is 0.560. The molecule has 2 atom stereocenters. The summed E-state index contributed by atoms with van der Waals surface area (Å²) in [6.07, 6.45) is 8.26. The quantitative estimate of drug-likeness (QED) is 0.626. The largest absolute Gasteiger partial charge is 0.378 e. The fourth-order valence-corrected chi connectivity index (χ4v) is 2.40. The Hall–Kier alpha value is -0.0800. The third kappa shape index (κ3) is 5.53. The Kier molecular flexibility index (Phi) is 7.03. The molecule has 2 nitrogen and oxygen atoms in total. The van der Waals surface area contributed by atoms with Crippen LogP contribution in [0.4, 0.5) is 0 Å². The first-order valence-corrected chi connectivity index (χ1v) is 6.69. The maximum atomic E-state index is 5.71. The molecule has 0 aromatic heterocycles. The maximum Gasteiger partial charge on any atom is 0.0579 e. The fourth-order valence-electron chi connectivity index (χ4n) is 2.40. The molecule has 0 spiro atoms. The van der Waals surface area contributed by atoms with Crippen LogP contribution in [0.25, 0.3) is 0 Å². The van der Waals surface area contributed by atoms with Crippen molar-refractivity contribution in [2.45, 2.75) is 58.5 Å². The molecule has 0 saturated carbocycles. The minimum Gasteiger partial charge on any atom is -0.378 e. The normalized spacial score (nSPS) is 23.2. The van der Waals surface area contributed by atoms with E-state index < -0.39 is 0 Å². The highest BCUT2D eigenvalue weighted by Crippen LogP contribution is 2.22. The van der Waals surface area contributed by atoms with E-state index in [9.17, 15) is 0 Å². The highest BCUT2D eigenvalue weighted by Gasteiger charge is 2.19. The molecule has 0 aromatic rings. The molecule has 2 heteroatoms. The first kappa shape index (κ1) is 13.0. The summed E-state index contributed by atoms with van der Waals surface area (Å²) >= 11 is 0. The Bertz CT molecular complexity index is 143. The van der Waals surface area contributed by atoms with Gasteiger partial charge in [0.25, 0.3) is 0 Å². The molecule has 90 valence electrons. The lowest BCUT2D eigenvalue weighted by atomic mass is 9.95. The number of nitrogens with one attached hydrogen (secondary N) is 1. The Labute approximate surface area is 94.8 Å². The van der Waals surface area contributed by atoms with Crippen LogP contribution in [0.15, 0.2) is 0 Å². The lowest BCUT2D eigenvalue weighted by Crippen LogP contribution is -2.26. The Morgan fingerprint density at radius 1 is 1.33 bits per heavy atom. The van der Waals surface area contributed by atoms with Crippen molar-refractivity contribution in [1.29, 1.82) is 0 Å². The third-order valence-corrected chi connectivity index (χ3v) is 3.18. The van der Waals surface area contributed by atoms with E-state index in [1.54, 1.807) is 0 Å². The van der Waals surface area contributed by atoms with Gasteiger partial charge >= 0.3 is 0 Å². The van der Waals surface area contributed by atoms with Crippen molar-refractivity contribution in [3.63, 3.8) is 0 Å². The SMILES string of the molecule is CCCNCC(CCC)CC1CCCO1. The van der Waals surface area contributed by atoms with Crippen molar-refractivity contribution in [3.05, 3.63) is 0 Å². The Balaban J connectivity index is 2.16. The average Bonchev–Trinajstić information content (AvgIpc) is 2.71. The monoisotopic (exact) mass is 213 g/mol. The van der Waals surface area contributed by atoms with Gasteiger partial charge < -0.3 is 10.1 Å². The summed E-state index contributed by atoms with van der Waals surface area (Å²) in [6, 6.07) is 0. The summed E-state index contributed by atoms with van der Waals surface area (Å²) in [5.41, 5.74) is 0. The second kappa shape index (κ2) is 8.12. The van der Waals surface area contributed by atoms with Crippen molar-refractivity contribution < 1.29 is 4.74 Å². The van der Waals surface area contributed by atoms with Crippen molar-refractivity contribution in [2.24, 2.45) is 5.92 Å². The van der Waals surface area contributed by atoms with Gasteiger partial charge in [0, 0.05) is 6.61 Å². The second-order valence-electron chi connectivity index (χ2n) is 4.73. The van der Waals surface area contributed by atoms with E-state index in [1.807, 2.05) is 0 Å². The Morgan fingerprint density at radius 3 is 2.80 bits per heavy atom. The third-order valence-electron chi connectivity index (χ3n) is 3.18. The van der Waals surface area contributed by atoms with Gasteiger partial charge in [-0.25, -0.2) is 0 Å². The summed E-state index contributed by atoms with van der Waals surface area (Å²) < 4.78 is 5.71. The van der Waals surface area contributed by atoms with Gasteiger partial charge in [-0.3, -0.25) is 0 Å². The zero-order chi connectivity index (χ0) is 10.9. The van der Waals surface area contributed by atoms with Crippen LogP contribution in [0, 0.1) is 5.92 Å². The van der Waals surface area contributed by atoms with E-state index in [4.69, 9.17) is 4.74 Å². The van der Waals surface area contributed by atoms with Crippen LogP contribution in [0.2, 0.25) is 0 Å². The molecule has 1 heterocycles. The second-order valence-corrected chi connectivity index (χ2v) is 4.73. The molecule has 1 rings (SSSR count).